The first-order valence-electron chi connectivity index (χ1n) is 9.68. The molecular formula is C21H23ClN4O4S2. The Morgan fingerprint density at radius 2 is 1.91 bits per heavy atom. The number of nitrogens with one attached hydrogen (secondary N) is 1. The van der Waals surface area contributed by atoms with Gasteiger partial charge in [-0.3, -0.25) is 14.4 Å². The SMILES string of the molecule is CC[C@H](C(=O)Nc1nnc(-c2ccc(C)cc2)s1)N(c1ccc(OC)c(Cl)c1)S(C)(=O)=O. The zero-order valence-electron chi connectivity index (χ0n) is 18.0. The maximum atomic E-state index is 13.1. The van der Waals surface area contributed by atoms with Crippen LogP contribution in [0.1, 0.15) is 18.9 Å². The minimum absolute atomic E-state index is 0.228. The number of aryl methyl sites for hydroxylation is 1. The molecule has 0 fully saturated rings. The molecule has 2 aromatic carbocycles. The average molecular weight is 495 g/mol. The molecule has 1 atom stereocenters. The van der Waals surface area contributed by atoms with Crippen molar-refractivity contribution in [2.24, 2.45) is 0 Å². The van der Waals surface area contributed by atoms with Crippen molar-refractivity contribution in [3.63, 3.8) is 0 Å². The van der Waals surface area contributed by atoms with Crippen LogP contribution in [0.2, 0.25) is 5.02 Å². The van der Waals surface area contributed by atoms with Gasteiger partial charge < -0.3 is 4.74 Å². The predicted octanol–water partition coefficient (Wildman–Crippen LogP) is 4.36. The quantitative estimate of drug-likeness (QED) is 0.499. The Morgan fingerprint density at radius 1 is 1.22 bits per heavy atom. The van der Waals surface area contributed by atoms with Gasteiger partial charge in [0.05, 0.1) is 24.1 Å². The average Bonchev–Trinajstić information content (AvgIpc) is 3.19. The summed E-state index contributed by atoms with van der Waals surface area (Å²) in [6, 6.07) is 11.3. The fourth-order valence-corrected chi connectivity index (χ4v) is 5.34. The maximum absolute atomic E-state index is 13.1. The number of nitrogens with zero attached hydrogens (tertiary/aromatic N) is 3. The number of sulfonamides is 1. The van der Waals surface area contributed by atoms with Crippen molar-refractivity contribution in [2.75, 3.05) is 23.0 Å². The third kappa shape index (κ3) is 5.37. The summed E-state index contributed by atoms with van der Waals surface area (Å²) in [5.41, 5.74) is 2.27. The normalized spacial score (nSPS) is 12.3. The number of halogens is 1. The number of ether oxygens (including phenoxy) is 1. The number of methoxy groups -OCH3 is 1. The van der Waals surface area contributed by atoms with Crippen LogP contribution in [0.3, 0.4) is 0 Å². The van der Waals surface area contributed by atoms with Gasteiger partial charge in [0.2, 0.25) is 21.1 Å². The minimum atomic E-state index is -3.80. The molecule has 0 radical (unpaired) electrons. The van der Waals surface area contributed by atoms with Crippen LogP contribution in [0, 0.1) is 6.92 Å². The van der Waals surface area contributed by atoms with E-state index in [0.717, 1.165) is 21.7 Å². The van der Waals surface area contributed by atoms with E-state index in [9.17, 15) is 13.2 Å². The lowest BCUT2D eigenvalue weighted by molar-refractivity contribution is -0.117. The molecule has 11 heteroatoms. The molecule has 0 saturated carbocycles. The Morgan fingerprint density at radius 3 is 2.47 bits per heavy atom. The number of carbonyl (C=O) groups excluding carboxylic acids is 1. The molecule has 3 rings (SSSR count). The van der Waals surface area contributed by atoms with E-state index in [4.69, 9.17) is 16.3 Å². The number of carbonyl (C=O) groups is 1. The number of amides is 1. The molecule has 1 heterocycles. The molecule has 0 unspecified atom stereocenters. The summed E-state index contributed by atoms with van der Waals surface area (Å²) in [4.78, 5) is 13.1. The van der Waals surface area contributed by atoms with Crippen LogP contribution < -0.4 is 14.4 Å². The Labute approximate surface area is 196 Å². The summed E-state index contributed by atoms with van der Waals surface area (Å²) < 4.78 is 31.4. The highest BCUT2D eigenvalue weighted by Crippen LogP contribution is 2.32. The van der Waals surface area contributed by atoms with Crippen LogP contribution >= 0.6 is 22.9 Å². The molecular weight excluding hydrogens is 472 g/mol. The van der Waals surface area contributed by atoms with Crippen LogP contribution in [-0.4, -0.2) is 43.9 Å². The van der Waals surface area contributed by atoms with Gasteiger partial charge in [-0.25, -0.2) is 8.42 Å². The van der Waals surface area contributed by atoms with Crippen LogP contribution in [0.25, 0.3) is 10.6 Å². The Bertz CT molecular complexity index is 1210. The lowest BCUT2D eigenvalue weighted by Crippen LogP contribution is -2.47. The van der Waals surface area contributed by atoms with Crippen molar-refractivity contribution in [1.29, 1.82) is 0 Å². The molecule has 3 aromatic rings. The predicted molar refractivity (Wildman–Crippen MR) is 128 cm³/mol. The lowest BCUT2D eigenvalue weighted by Gasteiger charge is -2.30. The Balaban J connectivity index is 1.87. The zero-order valence-corrected chi connectivity index (χ0v) is 20.4. The topological polar surface area (TPSA) is 101 Å². The fraction of sp³-hybridized carbons (Fsp3) is 0.286. The molecule has 0 bridgehead atoms. The third-order valence-corrected chi connectivity index (χ3v) is 7.04. The number of aromatic nitrogens is 2. The lowest BCUT2D eigenvalue weighted by atomic mass is 10.2. The highest BCUT2D eigenvalue weighted by atomic mass is 35.5. The van der Waals surface area contributed by atoms with E-state index in [-0.39, 0.29) is 22.3 Å². The van der Waals surface area contributed by atoms with E-state index in [0.29, 0.717) is 10.8 Å². The standard InChI is InChI=1S/C21H23ClN4O4S2/c1-5-17(26(32(4,28)29)15-10-11-18(30-3)16(22)12-15)19(27)23-21-25-24-20(31-21)14-8-6-13(2)7-9-14/h6-12,17H,5H2,1-4H3,(H,23,25,27)/t17-/m1/s1. The third-order valence-electron chi connectivity index (χ3n) is 4.67. The fourth-order valence-electron chi connectivity index (χ4n) is 3.13. The van der Waals surface area contributed by atoms with Crippen LogP contribution in [0.4, 0.5) is 10.8 Å². The van der Waals surface area contributed by atoms with Crippen LogP contribution in [0.5, 0.6) is 5.75 Å². The molecule has 0 aliphatic rings. The van der Waals surface area contributed by atoms with E-state index in [1.807, 2.05) is 31.2 Å². The second kappa shape index (κ2) is 9.85. The van der Waals surface area contributed by atoms with Gasteiger partial charge in [-0.2, -0.15) is 0 Å². The second-order valence-electron chi connectivity index (χ2n) is 7.07. The molecule has 1 aromatic heterocycles. The van der Waals surface area contributed by atoms with E-state index < -0.39 is 22.0 Å². The van der Waals surface area contributed by atoms with Gasteiger partial charge in [0.1, 0.15) is 16.8 Å². The summed E-state index contributed by atoms with van der Waals surface area (Å²) in [5, 5.41) is 12.0. The van der Waals surface area contributed by atoms with E-state index >= 15 is 0 Å². The molecule has 0 spiro atoms. The smallest absolute Gasteiger partial charge is 0.250 e. The van der Waals surface area contributed by atoms with Crippen molar-refractivity contribution < 1.29 is 17.9 Å². The Hall–Kier alpha value is -2.69. The number of anilines is 2. The summed E-state index contributed by atoms with van der Waals surface area (Å²) in [6.07, 6.45) is 1.27. The van der Waals surface area contributed by atoms with Crippen molar-refractivity contribution in [3.8, 4) is 16.3 Å². The minimum Gasteiger partial charge on any atom is -0.495 e. The highest BCUT2D eigenvalue weighted by molar-refractivity contribution is 7.92. The van der Waals surface area contributed by atoms with Crippen LogP contribution in [-0.2, 0) is 14.8 Å². The first-order valence-corrected chi connectivity index (χ1v) is 12.7. The summed E-state index contributed by atoms with van der Waals surface area (Å²) >= 11 is 7.40. The van der Waals surface area contributed by atoms with E-state index in [1.54, 1.807) is 19.1 Å². The van der Waals surface area contributed by atoms with Crippen molar-refractivity contribution >= 4 is 49.7 Å². The Kier molecular flexibility index (Phi) is 7.37. The molecule has 8 nitrogen and oxygen atoms in total. The zero-order chi connectivity index (χ0) is 23.5. The number of benzene rings is 2. The first-order chi connectivity index (χ1) is 15.1. The van der Waals surface area contributed by atoms with Crippen molar-refractivity contribution in [2.45, 2.75) is 26.3 Å². The number of rotatable bonds is 8. The van der Waals surface area contributed by atoms with Crippen molar-refractivity contribution in [3.05, 3.63) is 53.1 Å². The van der Waals surface area contributed by atoms with Gasteiger partial charge in [0, 0.05) is 5.56 Å². The van der Waals surface area contributed by atoms with Crippen molar-refractivity contribution in [1.82, 2.24) is 10.2 Å². The molecule has 1 N–H and O–H groups in total. The molecule has 0 aliphatic carbocycles. The molecule has 32 heavy (non-hydrogen) atoms. The molecule has 0 saturated heterocycles. The largest absolute Gasteiger partial charge is 0.495 e. The summed E-state index contributed by atoms with van der Waals surface area (Å²) in [6.45, 7) is 3.72. The monoisotopic (exact) mass is 494 g/mol. The molecule has 170 valence electrons. The maximum Gasteiger partial charge on any atom is 0.250 e. The second-order valence-corrected chi connectivity index (χ2v) is 10.3. The first kappa shape index (κ1) is 24.0. The van der Waals surface area contributed by atoms with E-state index in [2.05, 4.69) is 15.5 Å². The highest BCUT2D eigenvalue weighted by Gasteiger charge is 2.32. The van der Waals surface area contributed by atoms with E-state index in [1.165, 1.54) is 24.5 Å². The summed E-state index contributed by atoms with van der Waals surface area (Å²) in [5.74, 6) is -0.115. The van der Waals surface area contributed by atoms with Crippen LogP contribution in [0.15, 0.2) is 42.5 Å². The number of hydrogen-bond acceptors (Lipinski definition) is 7. The molecule has 1 amide bonds. The van der Waals surface area contributed by atoms with Gasteiger partial charge in [0.25, 0.3) is 0 Å². The summed E-state index contributed by atoms with van der Waals surface area (Å²) in [7, 11) is -2.34. The van der Waals surface area contributed by atoms with Gasteiger partial charge in [0.15, 0.2) is 0 Å². The van der Waals surface area contributed by atoms with Gasteiger partial charge in [-0.15, -0.1) is 10.2 Å². The van der Waals surface area contributed by atoms with Gasteiger partial charge >= 0.3 is 0 Å². The van der Waals surface area contributed by atoms with Gasteiger partial charge in [-0.05, 0) is 31.5 Å². The number of hydrogen-bond donors (Lipinski definition) is 1. The molecule has 0 aliphatic heterocycles. The van der Waals surface area contributed by atoms with Gasteiger partial charge in [-0.1, -0.05) is 59.7 Å².